The van der Waals surface area contributed by atoms with Gasteiger partial charge in [-0.25, -0.2) is 0 Å². The molecule has 1 atom stereocenters. The fourth-order valence-electron chi connectivity index (χ4n) is 2.39. The van der Waals surface area contributed by atoms with Gasteiger partial charge < -0.3 is 19.5 Å². The molecule has 112 valence electrons. The predicted octanol–water partition coefficient (Wildman–Crippen LogP) is 2.87. The number of halogens is 2. The lowest BCUT2D eigenvalue weighted by Crippen LogP contribution is -2.28. The minimum Gasteiger partial charge on any atom is -0.395 e. The number of nitrogens with one attached hydrogen (secondary N) is 1. The molecule has 3 rings (SSSR count). The van der Waals surface area contributed by atoms with Crippen LogP contribution in [0, 0.1) is 0 Å². The summed E-state index contributed by atoms with van der Waals surface area (Å²) in [5.74, 6) is 0.183. The monoisotopic (exact) mass is 287 g/mol. The SMILES string of the molecule is CC.CNCC1OCCc2ccc3c(c21)OC(F)(F)O3. The zero-order valence-electron chi connectivity index (χ0n) is 11.8. The molecule has 2 aliphatic rings. The van der Waals surface area contributed by atoms with Crippen LogP contribution in [0.3, 0.4) is 0 Å². The molecule has 20 heavy (non-hydrogen) atoms. The maximum Gasteiger partial charge on any atom is 0.586 e. The first-order valence-electron chi connectivity index (χ1n) is 6.78. The Bertz CT molecular complexity index is 480. The molecule has 1 aromatic rings. The van der Waals surface area contributed by atoms with Crippen LogP contribution in [0.15, 0.2) is 12.1 Å². The van der Waals surface area contributed by atoms with Gasteiger partial charge in [-0.3, -0.25) is 0 Å². The lowest BCUT2D eigenvalue weighted by atomic mass is 9.96. The smallest absolute Gasteiger partial charge is 0.395 e. The Labute approximate surface area is 117 Å². The zero-order chi connectivity index (χ0) is 14.8. The van der Waals surface area contributed by atoms with Crippen LogP contribution >= 0.6 is 0 Å². The summed E-state index contributed by atoms with van der Waals surface area (Å²) >= 11 is 0. The molecule has 2 aliphatic heterocycles. The maximum absolute atomic E-state index is 13.1. The van der Waals surface area contributed by atoms with Crippen molar-refractivity contribution < 1.29 is 23.0 Å². The van der Waals surface area contributed by atoms with E-state index in [1.165, 1.54) is 6.07 Å². The first-order valence-corrected chi connectivity index (χ1v) is 6.78. The zero-order valence-corrected chi connectivity index (χ0v) is 11.8. The minimum absolute atomic E-state index is 0.0744. The van der Waals surface area contributed by atoms with E-state index in [1.807, 2.05) is 13.8 Å². The molecule has 2 heterocycles. The van der Waals surface area contributed by atoms with Gasteiger partial charge in [0, 0.05) is 12.1 Å². The fourth-order valence-corrected chi connectivity index (χ4v) is 2.39. The second kappa shape index (κ2) is 5.93. The van der Waals surface area contributed by atoms with Crippen molar-refractivity contribution in [1.82, 2.24) is 5.32 Å². The second-order valence-electron chi connectivity index (χ2n) is 4.30. The molecule has 0 fully saturated rings. The summed E-state index contributed by atoms with van der Waals surface area (Å²) in [6, 6.07) is 3.32. The third-order valence-electron chi connectivity index (χ3n) is 3.10. The fraction of sp³-hybridized carbons (Fsp3) is 0.571. The van der Waals surface area contributed by atoms with Gasteiger partial charge in [-0.05, 0) is 25.1 Å². The van der Waals surface area contributed by atoms with Crippen molar-refractivity contribution in [3.8, 4) is 11.5 Å². The van der Waals surface area contributed by atoms with Gasteiger partial charge in [0.05, 0.1) is 12.7 Å². The molecule has 1 N–H and O–H groups in total. The highest BCUT2D eigenvalue weighted by atomic mass is 19.3. The molecule has 0 amide bonds. The number of benzene rings is 1. The average molecular weight is 287 g/mol. The van der Waals surface area contributed by atoms with Gasteiger partial charge >= 0.3 is 6.29 Å². The van der Waals surface area contributed by atoms with E-state index in [2.05, 4.69) is 14.8 Å². The molecule has 0 bridgehead atoms. The third-order valence-corrected chi connectivity index (χ3v) is 3.10. The van der Waals surface area contributed by atoms with E-state index in [-0.39, 0.29) is 17.6 Å². The van der Waals surface area contributed by atoms with Gasteiger partial charge in [0.2, 0.25) is 0 Å². The highest BCUT2D eigenvalue weighted by Crippen LogP contribution is 2.48. The van der Waals surface area contributed by atoms with Gasteiger partial charge in [0.25, 0.3) is 0 Å². The van der Waals surface area contributed by atoms with Crippen LogP contribution < -0.4 is 14.8 Å². The van der Waals surface area contributed by atoms with E-state index in [0.29, 0.717) is 25.1 Å². The molecule has 1 unspecified atom stereocenters. The molecule has 0 spiro atoms. The van der Waals surface area contributed by atoms with E-state index < -0.39 is 6.29 Å². The summed E-state index contributed by atoms with van der Waals surface area (Å²) in [4.78, 5) is 0. The van der Waals surface area contributed by atoms with Crippen molar-refractivity contribution >= 4 is 0 Å². The van der Waals surface area contributed by atoms with Crippen molar-refractivity contribution in [2.45, 2.75) is 32.7 Å². The van der Waals surface area contributed by atoms with Crippen LogP contribution in [0.4, 0.5) is 8.78 Å². The largest absolute Gasteiger partial charge is 0.586 e. The molecule has 4 nitrogen and oxygen atoms in total. The van der Waals surface area contributed by atoms with Crippen LogP contribution in [0.25, 0.3) is 0 Å². The lowest BCUT2D eigenvalue weighted by Gasteiger charge is -2.26. The summed E-state index contributed by atoms with van der Waals surface area (Å²) in [6.07, 6.45) is -3.18. The van der Waals surface area contributed by atoms with E-state index in [1.54, 1.807) is 13.1 Å². The Morgan fingerprint density at radius 3 is 2.75 bits per heavy atom. The van der Waals surface area contributed by atoms with Crippen LogP contribution in [0.1, 0.15) is 31.1 Å². The van der Waals surface area contributed by atoms with Crippen molar-refractivity contribution in [3.05, 3.63) is 23.3 Å². The molecule has 0 aromatic heterocycles. The van der Waals surface area contributed by atoms with Crippen molar-refractivity contribution in [3.63, 3.8) is 0 Å². The van der Waals surface area contributed by atoms with Gasteiger partial charge in [-0.2, -0.15) is 0 Å². The third kappa shape index (κ3) is 2.71. The quantitative estimate of drug-likeness (QED) is 0.908. The molecule has 0 saturated carbocycles. The van der Waals surface area contributed by atoms with E-state index >= 15 is 0 Å². The predicted molar refractivity (Wildman–Crippen MR) is 70.3 cm³/mol. The number of rotatable bonds is 2. The van der Waals surface area contributed by atoms with Crippen molar-refractivity contribution in [2.75, 3.05) is 20.2 Å². The molecule has 0 aliphatic carbocycles. The van der Waals surface area contributed by atoms with Crippen molar-refractivity contribution in [1.29, 1.82) is 0 Å². The van der Waals surface area contributed by atoms with Crippen LogP contribution in [-0.2, 0) is 11.2 Å². The molecule has 0 radical (unpaired) electrons. The number of hydrogen-bond donors (Lipinski definition) is 1. The Morgan fingerprint density at radius 1 is 1.30 bits per heavy atom. The molecule has 0 saturated heterocycles. The summed E-state index contributed by atoms with van der Waals surface area (Å²) in [6.45, 7) is 5.12. The first kappa shape index (κ1) is 15.0. The average Bonchev–Trinajstić information content (AvgIpc) is 2.75. The summed E-state index contributed by atoms with van der Waals surface area (Å²) in [5.41, 5.74) is 1.65. The number of hydrogen-bond acceptors (Lipinski definition) is 4. The van der Waals surface area contributed by atoms with Crippen LogP contribution in [0.5, 0.6) is 11.5 Å². The summed E-state index contributed by atoms with van der Waals surface area (Å²) in [5, 5.41) is 2.98. The highest BCUT2D eigenvalue weighted by Gasteiger charge is 2.46. The van der Waals surface area contributed by atoms with E-state index in [9.17, 15) is 8.78 Å². The first-order chi connectivity index (χ1) is 9.61. The van der Waals surface area contributed by atoms with E-state index in [0.717, 1.165) is 5.56 Å². The second-order valence-corrected chi connectivity index (χ2v) is 4.30. The normalized spacial score (nSPS) is 21.8. The molecule has 6 heteroatoms. The molecular formula is C14H19F2NO3. The lowest BCUT2D eigenvalue weighted by molar-refractivity contribution is -0.287. The molecule has 1 aromatic carbocycles. The summed E-state index contributed by atoms with van der Waals surface area (Å²) < 4.78 is 40.9. The Hall–Kier alpha value is -1.40. The number of fused-ring (bicyclic) bond motifs is 3. The van der Waals surface area contributed by atoms with Gasteiger partial charge in [0.1, 0.15) is 0 Å². The number of alkyl halides is 2. The number of ether oxygens (including phenoxy) is 3. The maximum atomic E-state index is 13.1. The molecular weight excluding hydrogens is 268 g/mol. The standard InChI is InChI=1S/C12H13F2NO3.C2H6/c1-15-6-9-10-7(4-5-16-9)2-3-8-11(10)18-12(13,14)17-8;1-2/h2-3,9,15H,4-6H2,1H3;1-2H3. The van der Waals surface area contributed by atoms with Gasteiger partial charge in [-0.1, -0.05) is 19.9 Å². The summed E-state index contributed by atoms with van der Waals surface area (Å²) in [7, 11) is 1.78. The Balaban J connectivity index is 0.000000704. The van der Waals surface area contributed by atoms with Crippen molar-refractivity contribution in [2.24, 2.45) is 0 Å². The van der Waals surface area contributed by atoms with Gasteiger partial charge in [-0.15, -0.1) is 8.78 Å². The Kier molecular flexibility index (Phi) is 4.45. The number of likely N-dealkylation sites (N-methyl/N-ethyl adjacent to an activating group) is 1. The van der Waals surface area contributed by atoms with Crippen LogP contribution in [0.2, 0.25) is 0 Å². The van der Waals surface area contributed by atoms with E-state index in [4.69, 9.17) is 4.74 Å². The van der Waals surface area contributed by atoms with Crippen LogP contribution in [-0.4, -0.2) is 26.5 Å². The Morgan fingerprint density at radius 2 is 2.05 bits per heavy atom. The topological polar surface area (TPSA) is 39.7 Å². The van der Waals surface area contributed by atoms with Gasteiger partial charge in [0.15, 0.2) is 11.5 Å². The minimum atomic E-state index is -3.58. The highest BCUT2D eigenvalue weighted by molar-refractivity contribution is 5.54.